The van der Waals surface area contributed by atoms with Gasteiger partial charge in [0, 0.05) is 4.90 Å². The molecule has 0 fully saturated rings. The molecule has 1 aliphatic rings. The van der Waals surface area contributed by atoms with Crippen molar-refractivity contribution in [3.63, 3.8) is 0 Å². The number of esters is 1. The van der Waals surface area contributed by atoms with Crippen LogP contribution >= 0.6 is 12.6 Å². The van der Waals surface area contributed by atoms with Crippen molar-refractivity contribution < 1.29 is 19.4 Å². The monoisotopic (exact) mass is 278 g/mol. The van der Waals surface area contributed by atoms with Crippen LogP contribution < -0.4 is 4.74 Å². The average molecular weight is 278 g/mol. The van der Waals surface area contributed by atoms with Crippen LogP contribution in [0.3, 0.4) is 0 Å². The Hall–Kier alpha value is -1.75. The van der Waals surface area contributed by atoms with Crippen LogP contribution in [0.5, 0.6) is 5.75 Å². The molecule has 1 aromatic rings. The normalized spacial score (nSPS) is 21.9. The van der Waals surface area contributed by atoms with Crippen molar-refractivity contribution in [1.82, 2.24) is 0 Å². The maximum absolute atomic E-state index is 12.0. The second-order valence-corrected chi connectivity index (χ2v) is 4.91. The van der Waals surface area contributed by atoms with Gasteiger partial charge in [-0.25, -0.2) is 0 Å². The van der Waals surface area contributed by atoms with Crippen LogP contribution in [0.25, 0.3) is 0 Å². The maximum Gasteiger partial charge on any atom is 0.319 e. The highest BCUT2D eigenvalue weighted by molar-refractivity contribution is 7.80. The summed E-state index contributed by atoms with van der Waals surface area (Å²) < 4.78 is 5.20. The Morgan fingerprint density at radius 3 is 2.58 bits per heavy atom. The third kappa shape index (κ3) is 3.38. The molecule has 5 heteroatoms. The van der Waals surface area contributed by atoms with Gasteiger partial charge in [0.15, 0.2) is 0 Å². The number of hydrogen-bond acceptors (Lipinski definition) is 4. The van der Waals surface area contributed by atoms with Crippen LogP contribution in [0.2, 0.25) is 0 Å². The van der Waals surface area contributed by atoms with Crippen molar-refractivity contribution in [2.75, 3.05) is 0 Å². The van der Waals surface area contributed by atoms with Crippen LogP contribution in [0.15, 0.2) is 41.3 Å². The summed E-state index contributed by atoms with van der Waals surface area (Å²) in [6, 6.07) is 6.67. The summed E-state index contributed by atoms with van der Waals surface area (Å²) in [6.07, 6.45) is 4.58. The number of carbonyl (C=O) groups is 2. The van der Waals surface area contributed by atoms with Crippen LogP contribution in [0, 0.1) is 11.8 Å². The van der Waals surface area contributed by atoms with E-state index >= 15 is 0 Å². The lowest BCUT2D eigenvalue weighted by Gasteiger charge is -2.22. The van der Waals surface area contributed by atoms with E-state index in [1.54, 1.807) is 30.3 Å². The minimum Gasteiger partial charge on any atom is -0.481 e. The standard InChI is InChI=1S/C14H14O4S/c15-13(16)11-3-1-2-4-12(11)14(17)18-9-5-7-10(19)8-6-9/h2,4-8,11-12,19H,1,3H2,(H,15,16). The molecule has 0 aliphatic heterocycles. The van der Waals surface area contributed by atoms with Gasteiger partial charge in [0.2, 0.25) is 0 Å². The molecule has 0 amide bonds. The number of aliphatic carboxylic acids is 1. The van der Waals surface area contributed by atoms with Crippen molar-refractivity contribution >= 4 is 24.6 Å². The highest BCUT2D eigenvalue weighted by Crippen LogP contribution is 2.27. The average Bonchev–Trinajstić information content (AvgIpc) is 2.41. The summed E-state index contributed by atoms with van der Waals surface area (Å²) >= 11 is 4.14. The summed E-state index contributed by atoms with van der Waals surface area (Å²) in [5.41, 5.74) is 0. The molecule has 2 unspecified atom stereocenters. The second-order valence-electron chi connectivity index (χ2n) is 4.39. The molecule has 0 radical (unpaired) electrons. The topological polar surface area (TPSA) is 63.6 Å². The van der Waals surface area contributed by atoms with E-state index in [9.17, 15) is 9.59 Å². The molecule has 19 heavy (non-hydrogen) atoms. The minimum atomic E-state index is -0.961. The summed E-state index contributed by atoms with van der Waals surface area (Å²) in [4.78, 5) is 23.9. The Labute approximate surface area is 116 Å². The Balaban J connectivity index is 2.09. The van der Waals surface area contributed by atoms with Crippen molar-refractivity contribution in [3.05, 3.63) is 36.4 Å². The number of carbonyl (C=O) groups excluding carboxylic acids is 1. The zero-order valence-electron chi connectivity index (χ0n) is 10.2. The van der Waals surface area contributed by atoms with E-state index < -0.39 is 23.8 Å². The highest BCUT2D eigenvalue weighted by atomic mass is 32.1. The van der Waals surface area contributed by atoms with Crippen molar-refractivity contribution in [2.24, 2.45) is 11.8 Å². The molecule has 0 saturated carbocycles. The molecule has 2 rings (SSSR count). The molecule has 0 bridgehead atoms. The fourth-order valence-electron chi connectivity index (χ4n) is 2.05. The van der Waals surface area contributed by atoms with E-state index in [2.05, 4.69) is 12.6 Å². The first-order valence-electron chi connectivity index (χ1n) is 5.98. The maximum atomic E-state index is 12.0. The summed E-state index contributed by atoms with van der Waals surface area (Å²) in [7, 11) is 0. The largest absolute Gasteiger partial charge is 0.481 e. The molecule has 0 spiro atoms. The van der Waals surface area contributed by atoms with Gasteiger partial charge in [0.05, 0.1) is 11.8 Å². The van der Waals surface area contributed by atoms with Crippen molar-refractivity contribution in [2.45, 2.75) is 17.7 Å². The third-order valence-electron chi connectivity index (χ3n) is 3.07. The Morgan fingerprint density at radius 1 is 1.26 bits per heavy atom. The highest BCUT2D eigenvalue weighted by Gasteiger charge is 2.34. The summed E-state index contributed by atoms with van der Waals surface area (Å²) in [6.45, 7) is 0. The quantitative estimate of drug-likeness (QED) is 0.386. The zero-order chi connectivity index (χ0) is 13.8. The van der Waals surface area contributed by atoms with Gasteiger partial charge in [-0.15, -0.1) is 12.6 Å². The lowest BCUT2D eigenvalue weighted by molar-refractivity contribution is -0.150. The van der Waals surface area contributed by atoms with Gasteiger partial charge < -0.3 is 9.84 Å². The van der Waals surface area contributed by atoms with Crippen LogP contribution in [0.4, 0.5) is 0 Å². The van der Waals surface area contributed by atoms with Gasteiger partial charge in [-0.2, -0.15) is 0 Å². The van der Waals surface area contributed by atoms with E-state index in [0.717, 1.165) is 4.90 Å². The Bertz CT molecular complexity index is 507. The first-order valence-corrected chi connectivity index (χ1v) is 6.43. The number of carboxylic acids is 1. The van der Waals surface area contributed by atoms with Gasteiger partial charge in [0.25, 0.3) is 0 Å². The molecular formula is C14H14O4S. The van der Waals surface area contributed by atoms with Gasteiger partial charge >= 0.3 is 11.9 Å². The van der Waals surface area contributed by atoms with E-state index in [1.807, 2.05) is 6.08 Å². The molecule has 0 aromatic heterocycles. The van der Waals surface area contributed by atoms with Gasteiger partial charge in [-0.1, -0.05) is 12.2 Å². The number of allylic oxidation sites excluding steroid dienone is 1. The van der Waals surface area contributed by atoms with Crippen LogP contribution in [-0.4, -0.2) is 17.0 Å². The molecule has 4 nitrogen and oxygen atoms in total. The summed E-state index contributed by atoms with van der Waals surface area (Å²) in [5, 5.41) is 9.11. The molecule has 100 valence electrons. The van der Waals surface area contributed by atoms with E-state index in [1.165, 1.54) is 0 Å². The second kappa shape index (κ2) is 5.93. The first kappa shape index (κ1) is 13.7. The van der Waals surface area contributed by atoms with Crippen molar-refractivity contribution in [1.29, 1.82) is 0 Å². The number of benzene rings is 1. The Morgan fingerprint density at radius 2 is 1.95 bits per heavy atom. The molecule has 0 heterocycles. The van der Waals surface area contributed by atoms with Gasteiger partial charge in [0.1, 0.15) is 5.75 Å². The molecule has 1 N–H and O–H groups in total. The lowest BCUT2D eigenvalue weighted by Crippen LogP contribution is -2.33. The smallest absolute Gasteiger partial charge is 0.319 e. The van der Waals surface area contributed by atoms with Crippen LogP contribution in [0.1, 0.15) is 12.8 Å². The minimum absolute atomic E-state index is 0.394. The third-order valence-corrected chi connectivity index (χ3v) is 3.36. The number of thiol groups is 1. The predicted molar refractivity (Wildman–Crippen MR) is 72.3 cm³/mol. The molecular weight excluding hydrogens is 264 g/mol. The lowest BCUT2D eigenvalue weighted by atomic mass is 9.84. The molecule has 0 saturated heterocycles. The number of ether oxygens (including phenoxy) is 1. The summed E-state index contributed by atoms with van der Waals surface area (Å²) in [5.74, 6) is -2.53. The van der Waals surface area contributed by atoms with Gasteiger partial charge in [-0.3, -0.25) is 9.59 Å². The number of rotatable bonds is 3. The zero-order valence-corrected chi connectivity index (χ0v) is 11.0. The van der Waals surface area contributed by atoms with Gasteiger partial charge in [-0.05, 0) is 37.1 Å². The van der Waals surface area contributed by atoms with Crippen LogP contribution in [-0.2, 0) is 9.59 Å². The SMILES string of the molecule is O=C(Oc1ccc(S)cc1)C1C=CCCC1C(=O)O. The molecule has 1 aliphatic carbocycles. The van der Waals surface area contributed by atoms with E-state index in [4.69, 9.17) is 9.84 Å². The van der Waals surface area contributed by atoms with E-state index in [0.29, 0.717) is 18.6 Å². The molecule has 1 aromatic carbocycles. The first-order chi connectivity index (χ1) is 9.08. The molecule has 2 atom stereocenters. The number of hydrogen-bond donors (Lipinski definition) is 2. The fraction of sp³-hybridized carbons (Fsp3) is 0.286. The number of carboxylic acid groups (broad SMARTS) is 1. The predicted octanol–water partition coefficient (Wildman–Crippen LogP) is 2.55. The fourth-order valence-corrected chi connectivity index (χ4v) is 2.20. The van der Waals surface area contributed by atoms with E-state index in [-0.39, 0.29) is 0 Å². The Kier molecular flexibility index (Phi) is 4.27. The van der Waals surface area contributed by atoms with Crippen molar-refractivity contribution in [3.8, 4) is 5.75 Å².